The Kier molecular flexibility index (Phi) is 3.09. The second kappa shape index (κ2) is 5.06. The van der Waals surface area contributed by atoms with E-state index in [1.807, 2.05) is 12.1 Å². The monoisotopic (exact) mass is 278 g/mol. The van der Waals surface area contributed by atoms with Gasteiger partial charge in [-0.05, 0) is 29.8 Å². The highest BCUT2D eigenvalue weighted by Crippen LogP contribution is 2.17. The van der Waals surface area contributed by atoms with Gasteiger partial charge in [0.2, 0.25) is 0 Å². The van der Waals surface area contributed by atoms with Crippen LogP contribution in [0.2, 0.25) is 0 Å². The number of hydrogen-bond donors (Lipinski definition) is 1. The average molecular weight is 278 g/mol. The van der Waals surface area contributed by atoms with E-state index in [1.165, 1.54) is 6.07 Å². The molecule has 1 aromatic heterocycles. The first-order chi connectivity index (χ1) is 10.2. The highest BCUT2D eigenvalue weighted by atomic mass is 16.4. The van der Waals surface area contributed by atoms with E-state index in [1.54, 1.807) is 28.9 Å². The standard InChI is InChI=1S/C15H10N4O2/c16-8-10-4-6-11(7-5-10)9-19-13-3-1-2-12(15(20)21)14(13)17-18-19/h1-7H,9H2,(H,20,21). The Labute approximate surface area is 119 Å². The quantitative estimate of drug-likeness (QED) is 0.791. The first-order valence-corrected chi connectivity index (χ1v) is 6.23. The molecule has 0 saturated heterocycles. The van der Waals surface area contributed by atoms with Crippen LogP contribution in [0.5, 0.6) is 0 Å². The number of aromatic carboxylic acids is 1. The molecule has 102 valence electrons. The number of carboxylic acid groups (broad SMARTS) is 1. The summed E-state index contributed by atoms with van der Waals surface area (Å²) in [7, 11) is 0. The molecule has 0 bridgehead atoms. The fourth-order valence-corrected chi connectivity index (χ4v) is 2.14. The minimum absolute atomic E-state index is 0.138. The third kappa shape index (κ3) is 2.32. The smallest absolute Gasteiger partial charge is 0.338 e. The molecular formula is C15H10N4O2. The van der Waals surface area contributed by atoms with Crippen molar-refractivity contribution in [3.63, 3.8) is 0 Å². The molecule has 0 amide bonds. The van der Waals surface area contributed by atoms with Gasteiger partial charge in [0.15, 0.2) is 0 Å². The topological polar surface area (TPSA) is 91.8 Å². The first kappa shape index (κ1) is 12.8. The number of carboxylic acids is 1. The minimum Gasteiger partial charge on any atom is -0.478 e. The lowest BCUT2D eigenvalue weighted by molar-refractivity contribution is 0.0699. The lowest BCUT2D eigenvalue weighted by atomic mass is 10.1. The normalized spacial score (nSPS) is 10.4. The molecule has 0 fully saturated rings. The predicted octanol–water partition coefficient (Wildman–Crippen LogP) is 2.05. The molecule has 3 rings (SSSR count). The molecular weight excluding hydrogens is 268 g/mol. The molecule has 1 heterocycles. The van der Waals surface area contributed by atoms with Crippen LogP contribution in [0.3, 0.4) is 0 Å². The van der Waals surface area contributed by atoms with Crippen molar-refractivity contribution in [1.82, 2.24) is 15.0 Å². The Morgan fingerprint density at radius 2 is 2.00 bits per heavy atom. The number of nitrogens with zero attached hydrogens (tertiary/aromatic N) is 4. The van der Waals surface area contributed by atoms with Gasteiger partial charge in [0.05, 0.1) is 29.3 Å². The second-order valence-electron chi connectivity index (χ2n) is 4.53. The van der Waals surface area contributed by atoms with Crippen LogP contribution in [0.25, 0.3) is 11.0 Å². The molecule has 0 radical (unpaired) electrons. The summed E-state index contributed by atoms with van der Waals surface area (Å²) in [5.41, 5.74) is 2.73. The molecule has 0 spiro atoms. The van der Waals surface area contributed by atoms with Crippen molar-refractivity contribution in [2.45, 2.75) is 6.54 Å². The number of nitriles is 1. The third-order valence-electron chi connectivity index (χ3n) is 3.19. The van der Waals surface area contributed by atoms with E-state index in [9.17, 15) is 4.79 Å². The van der Waals surface area contributed by atoms with Gasteiger partial charge in [0, 0.05) is 0 Å². The highest BCUT2D eigenvalue weighted by molar-refractivity contribution is 6.00. The van der Waals surface area contributed by atoms with E-state index < -0.39 is 5.97 Å². The maximum atomic E-state index is 11.1. The zero-order valence-electron chi connectivity index (χ0n) is 10.9. The number of fused-ring (bicyclic) bond motifs is 1. The SMILES string of the molecule is N#Cc1ccc(Cn2nnc3c(C(=O)O)cccc32)cc1. The van der Waals surface area contributed by atoms with E-state index >= 15 is 0 Å². The van der Waals surface area contributed by atoms with Crippen molar-refractivity contribution in [2.24, 2.45) is 0 Å². The van der Waals surface area contributed by atoms with E-state index in [0.29, 0.717) is 23.1 Å². The summed E-state index contributed by atoms with van der Waals surface area (Å²) < 4.78 is 1.64. The van der Waals surface area contributed by atoms with Crippen molar-refractivity contribution in [1.29, 1.82) is 5.26 Å². The Morgan fingerprint density at radius 3 is 2.67 bits per heavy atom. The summed E-state index contributed by atoms with van der Waals surface area (Å²) in [5, 5.41) is 25.9. The highest BCUT2D eigenvalue weighted by Gasteiger charge is 2.13. The van der Waals surface area contributed by atoms with E-state index in [0.717, 1.165) is 5.56 Å². The maximum absolute atomic E-state index is 11.1. The fourth-order valence-electron chi connectivity index (χ4n) is 2.14. The molecule has 6 heteroatoms. The molecule has 0 unspecified atom stereocenters. The molecule has 3 aromatic rings. The van der Waals surface area contributed by atoms with Crippen LogP contribution in [0.1, 0.15) is 21.5 Å². The summed E-state index contributed by atoms with van der Waals surface area (Å²) >= 11 is 0. The first-order valence-electron chi connectivity index (χ1n) is 6.23. The zero-order valence-corrected chi connectivity index (χ0v) is 10.9. The molecule has 0 aliphatic heterocycles. The third-order valence-corrected chi connectivity index (χ3v) is 3.19. The number of aromatic nitrogens is 3. The van der Waals surface area contributed by atoms with Gasteiger partial charge in [0.25, 0.3) is 0 Å². The number of hydrogen-bond acceptors (Lipinski definition) is 4. The van der Waals surface area contributed by atoms with Crippen LogP contribution in [0.15, 0.2) is 42.5 Å². The maximum Gasteiger partial charge on any atom is 0.338 e. The van der Waals surface area contributed by atoms with Gasteiger partial charge in [-0.1, -0.05) is 23.4 Å². The van der Waals surface area contributed by atoms with Crippen LogP contribution in [0.4, 0.5) is 0 Å². The van der Waals surface area contributed by atoms with Crippen molar-refractivity contribution >= 4 is 17.0 Å². The van der Waals surface area contributed by atoms with Crippen LogP contribution >= 0.6 is 0 Å². The van der Waals surface area contributed by atoms with Crippen LogP contribution < -0.4 is 0 Å². The van der Waals surface area contributed by atoms with Crippen molar-refractivity contribution in [2.75, 3.05) is 0 Å². The Bertz CT molecular complexity index is 860. The number of benzene rings is 2. The molecule has 0 aliphatic rings. The molecule has 1 N–H and O–H groups in total. The molecule has 0 saturated carbocycles. The minimum atomic E-state index is -1.02. The number of carbonyl (C=O) groups is 1. The molecule has 0 atom stereocenters. The lowest BCUT2D eigenvalue weighted by Gasteiger charge is -2.03. The van der Waals surface area contributed by atoms with Crippen molar-refractivity contribution in [3.8, 4) is 6.07 Å². The molecule has 21 heavy (non-hydrogen) atoms. The van der Waals surface area contributed by atoms with E-state index in [2.05, 4.69) is 16.4 Å². The zero-order chi connectivity index (χ0) is 14.8. The van der Waals surface area contributed by atoms with Crippen LogP contribution in [-0.4, -0.2) is 26.1 Å². The van der Waals surface area contributed by atoms with Crippen LogP contribution in [-0.2, 0) is 6.54 Å². The summed E-state index contributed by atoms with van der Waals surface area (Å²) in [5.74, 6) is -1.02. The summed E-state index contributed by atoms with van der Waals surface area (Å²) in [6.07, 6.45) is 0. The second-order valence-corrected chi connectivity index (χ2v) is 4.53. The van der Waals surface area contributed by atoms with Gasteiger partial charge in [-0.25, -0.2) is 9.48 Å². The van der Waals surface area contributed by atoms with Gasteiger partial charge < -0.3 is 5.11 Å². The van der Waals surface area contributed by atoms with Gasteiger partial charge in [0.1, 0.15) is 5.52 Å². The van der Waals surface area contributed by atoms with Crippen molar-refractivity contribution < 1.29 is 9.90 Å². The molecule has 6 nitrogen and oxygen atoms in total. The van der Waals surface area contributed by atoms with Crippen LogP contribution in [0, 0.1) is 11.3 Å². The Hall–Kier alpha value is -3.20. The lowest BCUT2D eigenvalue weighted by Crippen LogP contribution is -2.02. The molecule has 0 aliphatic carbocycles. The Morgan fingerprint density at radius 1 is 1.24 bits per heavy atom. The van der Waals surface area contributed by atoms with E-state index in [4.69, 9.17) is 10.4 Å². The predicted molar refractivity (Wildman–Crippen MR) is 74.7 cm³/mol. The Balaban J connectivity index is 1.99. The van der Waals surface area contributed by atoms with Gasteiger partial charge in [-0.3, -0.25) is 0 Å². The summed E-state index contributed by atoms with van der Waals surface area (Å²) in [6, 6.07) is 14.2. The summed E-state index contributed by atoms with van der Waals surface area (Å²) in [6.45, 7) is 0.464. The molecule has 2 aromatic carbocycles. The van der Waals surface area contributed by atoms with Gasteiger partial charge in [-0.2, -0.15) is 5.26 Å². The average Bonchev–Trinajstić information content (AvgIpc) is 2.91. The van der Waals surface area contributed by atoms with E-state index in [-0.39, 0.29) is 5.56 Å². The van der Waals surface area contributed by atoms with Crippen molar-refractivity contribution in [3.05, 3.63) is 59.2 Å². The number of rotatable bonds is 3. The largest absolute Gasteiger partial charge is 0.478 e. The fraction of sp³-hybridized carbons (Fsp3) is 0.0667. The van der Waals surface area contributed by atoms with Gasteiger partial charge in [-0.15, -0.1) is 5.10 Å². The summed E-state index contributed by atoms with van der Waals surface area (Å²) in [4.78, 5) is 11.1. The van der Waals surface area contributed by atoms with Gasteiger partial charge >= 0.3 is 5.97 Å².